The van der Waals surface area contributed by atoms with Crippen molar-refractivity contribution in [2.24, 2.45) is 5.92 Å². The highest BCUT2D eigenvalue weighted by Gasteiger charge is 2.26. The first-order valence-electron chi connectivity index (χ1n) is 5.47. The molecule has 3 unspecified atom stereocenters. The first-order valence-corrected chi connectivity index (χ1v) is 4.89. The van der Waals surface area contributed by atoms with E-state index in [1.807, 2.05) is 42.5 Å². The van der Waals surface area contributed by atoms with E-state index in [9.17, 15) is 0 Å². The fourth-order valence-corrected chi connectivity index (χ4v) is 1.95. The topological polar surface area (TPSA) is 9.23 Å². The maximum atomic E-state index is 8.21. The predicted molar refractivity (Wildman–Crippen MR) is 56.3 cm³/mol. The van der Waals surface area contributed by atoms with Gasteiger partial charge in [0, 0.05) is 7.29 Å². The summed E-state index contributed by atoms with van der Waals surface area (Å²) in [6.45, 7) is 0. The third kappa shape index (κ3) is 1.17. The lowest BCUT2D eigenvalue weighted by Crippen LogP contribution is -2.30. The van der Waals surface area contributed by atoms with Crippen molar-refractivity contribution in [1.82, 2.24) is 0 Å². The van der Waals surface area contributed by atoms with Crippen molar-refractivity contribution in [3.63, 3.8) is 0 Å². The van der Waals surface area contributed by atoms with Gasteiger partial charge >= 0.3 is 0 Å². The van der Waals surface area contributed by atoms with Crippen LogP contribution in [0.2, 0.25) is 0 Å². The van der Waals surface area contributed by atoms with Gasteiger partial charge in [-0.15, -0.1) is 0 Å². The van der Waals surface area contributed by atoms with Gasteiger partial charge < -0.3 is 4.74 Å². The molecule has 0 amide bonds. The number of fused-ring (bicyclic) bond motifs is 2. The van der Waals surface area contributed by atoms with Gasteiger partial charge in [0.05, 0.1) is 0 Å². The molecule has 0 spiro atoms. The van der Waals surface area contributed by atoms with Crippen molar-refractivity contribution in [1.29, 1.82) is 0 Å². The van der Waals surface area contributed by atoms with Crippen LogP contribution >= 0.6 is 0 Å². The number of ether oxygens (including phenoxy) is 1. The molecule has 3 rings (SSSR count). The van der Waals surface area contributed by atoms with Gasteiger partial charge in [0.2, 0.25) is 0 Å². The Hall–Kier alpha value is -1.50. The molecule has 0 fully saturated rings. The van der Waals surface area contributed by atoms with E-state index < -0.39 is 0 Å². The van der Waals surface area contributed by atoms with Gasteiger partial charge in [-0.1, -0.05) is 36.4 Å². The average Bonchev–Trinajstić information content (AvgIpc) is 2.30. The van der Waals surface area contributed by atoms with Gasteiger partial charge in [-0.05, 0) is 24.1 Å². The van der Waals surface area contributed by atoms with Gasteiger partial charge in [-0.3, -0.25) is 0 Å². The number of hydrogen-bond acceptors (Lipinski definition) is 1. The van der Waals surface area contributed by atoms with Crippen molar-refractivity contribution < 1.29 is 6.11 Å². The zero-order valence-corrected chi connectivity index (χ0v) is 7.76. The predicted octanol–water partition coefficient (Wildman–Crippen LogP) is 2.73. The van der Waals surface area contributed by atoms with Crippen molar-refractivity contribution in [3.8, 4) is 5.75 Å². The number of benzene rings is 1. The van der Waals surface area contributed by atoms with Crippen LogP contribution in [-0.4, -0.2) is 6.10 Å². The number of rotatable bonds is 0. The summed E-state index contributed by atoms with van der Waals surface area (Å²) < 4.78 is 14.1. The molecule has 0 bridgehead atoms. The van der Waals surface area contributed by atoms with E-state index in [1.54, 1.807) is 0 Å². The number of allylic oxidation sites excluding steroid dienone is 2. The molecule has 14 heavy (non-hydrogen) atoms. The second-order valence-corrected chi connectivity index (χ2v) is 3.63. The van der Waals surface area contributed by atoms with Crippen molar-refractivity contribution in [2.75, 3.05) is 0 Å². The van der Waals surface area contributed by atoms with E-state index in [0.29, 0.717) is 0 Å². The summed E-state index contributed by atoms with van der Waals surface area (Å²) in [5, 5.41) is 0. The second-order valence-electron chi connectivity index (χ2n) is 3.63. The molecule has 3 atom stereocenters. The van der Waals surface area contributed by atoms with Crippen LogP contribution in [0.5, 0.6) is 5.75 Å². The molecule has 1 heteroatoms. The SMILES string of the molecule is [2H]C1c2ccccc2OC2C=CC=CC21. The van der Waals surface area contributed by atoms with E-state index >= 15 is 0 Å². The van der Waals surface area contributed by atoms with Crippen LogP contribution in [0.15, 0.2) is 48.6 Å². The molecule has 0 saturated heterocycles. The average molecular weight is 185 g/mol. The Balaban J connectivity index is 2.07. The van der Waals surface area contributed by atoms with Crippen LogP contribution in [-0.2, 0) is 6.40 Å². The molecule has 2 aliphatic rings. The lowest BCUT2D eigenvalue weighted by Gasteiger charge is -2.31. The molecule has 1 heterocycles. The fourth-order valence-electron chi connectivity index (χ4n) is 1.95. The van der Waals surface area contributed by atoms with Crippen LogP contribution in [0.1, 0.15) is 6.93 Å². The highest BCUT2D eigenvalue weighted by Crippen LogP contribution is 2.32. The molecule has 1 aromatic carbocycles. The van der Waals surface area contributed by atoms with Crippen molar-refractivity contribution in [2.45, 2.75) is 12.5 Å². The van der Waals surface area contributed by atoms with Crippen LogP contribution in [0.3, 0.4) is 0 Å². The Morgan fingerprint density at radius 1 is 1.21 bits per heavy atom. The first kappa shape index (κ1) is 6.88. The Kier molecular flexibility index (Phi) is 1.48. The molecule has 0 N–H and O–H groups in total. The van der Waals surface area contributed by atoms with Crippen LogP contribution in [0.25, 0.3) is 0 Å². The standard InChI is InChI=1S/C13H12O/c1-3-7-12-10(5-1)9-11-6-2-4-8-13(11)14-12/h1-8,10,12H,9H2/i9D. The minimum absolute atomic E-state index is 0.0346. The number of hydrogen-bond donors (Lipinski definition) is 0. The summed E-state index contributed by atoms with van der Waals surface area (Å²) in [4.78, 5) is 0. The third-order valence-corrected chi connectivity index (χ3v) is 2.68. The molecular formula is C13H12O. The fraction of sp³-hybridized carbons (Fsp3) is 0.231. The quantitative estimate of drug-likeness (QED) is 0.604. The Labute approximate surface area is 85.1 Å². The Bertz CT molecular complexity index is 436. The molecule has 70 valence electrons. The minimum atomic E-state index is -0.207. The molecular weight excluding hydrogens is 172 g/mol. The van der Waals surface area contributed by atoms with E-state index in [1.165, 1.54) is 0 Å². The molecule has 0 radical (unpaired) electrons. The Morgan fingerprint density at radius 2 is 2.07 bits per heavy atom. The van der Waals surface area contributed by atoms with E-state index in [0.717, 1.165) is 11.3 Å². The molecule has 1 aliphatic carbocycles. The van der Waals surface area contributed by atoms with Gasteiger partial charge in [-0.2, -0.15) is 0 Å². The van der Waals surface area contributed by atoms with Gasteiger partial charge in [-0.25, -0.2) is 0 Å². The summed E-state index contributed by atoms with van der Waals surface area (Å²) in [6, 6.07) is 7.84. The summed E-state index contributed by atoms with van der Waals surface area (Å²) in [7, 11) is 0. The maximum absolute atomic E-state index is 8.21. The van der Waals surface area contributed by atoms with E-state index in [2.05, 4.69) is 6.08 Å². The molecule has 1 nitrogen and oxygen atoms in total. The zero-order valence-electron chi connectivity index (χ0n) is 8.76. The van der Waals surface area contributed by atoms with Crippen molar-refractivity contribution in [3.05, 3.63) is 54.1 Å². The molecule has 1 aliphatic heterocycles. The summed E-state index contributed by atoms with van der Waals surface area (Å²) in [6.07, 6.45) is 7.91. The molecule has 0 aromatic heterocycles. The largest absolute Gasteiger partial charge is 0.485 e. The first-order chi connectivity index (χ1) is 7.36. The lowest BCUT2D eigenvalue weighted by molar-refractivity contribution is 0.178. The monoisotopic (exact) mass is 185 g/mol. The van der Waals surface area contributed by atoms with Crippen LogP contribution in [0.4, 0.5) is 0 Å². The highest BCUT2D eigenvalue weighted by atomic mass is 16.5. The minimum Gasteiger partial charge on any atom is -0.485 e. The smallest absolute Gasteiger partial charge is 0.124 e. The molecule has 1 aromatic rings. The highest BCUT2D eigenvalue weighted by molar-refractivity contribution is 5.38. The summed E-state index contributed by atoms with van der Waals surface area (Å²) in [5.41, 5.74) is 0.999. The van der Waals surface area contributed by atoms with E-state index in [-0.39, 0.29) is 18.4 Å². The molecule has 0 saturated carbocycles. The lowest BCUT2D eigenvalue weighted by atomic mass is 9.88. The number of para-hydroxylation sites is 1. The van der Waals surface area contributed by atoms with Gasteiger partial charge in [0.1, 0.15) is 11.9 Å². The normalized spacial score (nSPS) is 34.0. The van der Waals surface area contributed by atoms with Crippen molar-refractivity contribution >= 4 is 0 Å². The summed E-state index contributed by atoms with van der Waals surface area (Å²) in [5.74, 6) is 1.02. The zero-order chi connectivity index (χ0) is 10.3. The van der Waals surface area contributed by atoms with Gasteiger partial charge in [0.25, 0.3) is 0 Å². The van der Waals surface area contributed by atoms with Gasteiger partial charge in [0.15, 0.2) is 0 Å². The second kappa shape index (κ2) is 3.02. The Morgan fingerprint density at radius 3 is 3.07 bits per heavy atom. The van der Waals surface area contributed by atoms with Crippen LogP contribution in [0, 0.1) is 5.92 Å². The van der Waals surface area contributed by atoms with E-state index in [4.69, 9.17) is 6.11 Å². The van der Waals surface area contributed by atoms with Crippen LogP contribution < -0.4 is 4.74 Å². The third-order valence-electron chi connectivity index (χ3n) is 2.68. The maximum Gasteiger partial charge on any atom is 0.124 e. The summed E-state index contributed by atoms with van der Waals surface area (Å²) >= 11 is 0.